The topological polar surface area (TPSA) is 45.7 Å². The van der Waals surface area contributed by atoms with Gasteiger partial charge in [0.2, 0.25) is 5.91 Å². The number of para-hydroxylation sites is 1. The van der Waals surface area contributed by atoms with Crippen molar-refractivity contribution in [1.29, 1.82) is 0 Å². The minimum absolute atomic E-state index is 0.0705. The molecule has 0 atom stereocenters. The Hall–Kier alpha value is -3.06. The van der Waals surface area contributed by atoms with E-state index < -0.39 is 0 Å². The Bertz CT molecular complexity index is 1210. The van der Waals surface area contributed by atoms with E-state index in [-0.39, 0.29) is 11.8 Å². The number of carbonyl (C=O) groups is 1. The maximum Gasteiger partial charge on any atom is 0.240 e. The van der Waals surface area contributed by atoms with Crippen LogP contribution in [-0.4, -0.2) is 55.2 Å². The molecule has 0 unspecified atom stereocenters. The fourth-order valence-corrected chi connectivity index (χ4v) is 5.77. The van der Waals surface area contributed by atoms with Gasteiger partial charge in [-0.3, -0.25) is 14.6 Å². The average Bonchev–Trinajstić information content (AvgIpc) is 3.34. The van der Waals surface area contributed by atoms with Crippen LogP contribution in [0.5, 0.6) is 0 Å². The number of aryl methyl sites for hydroxylation is 1. The number of hydrogen-bond donors (Lipinski definition) is 0. The number of aromatic nitrogens is 1. The van der Waals surface area contributed by atoms with Crippen LogP contribution < -0.4 is 4.90 Å². The highest BCUT2D eigenvalue weighted by Gasteiger charge is 2.30. The zero-order chi connectivity index (χ0) is 24.0. The van der Waals surface area contributed by atoms with Crippen molar-refractivity contribution in [2.24, 2.45) is 0 Å². The van der Waals surface area contributed by atoms with Gasteiger partial charge in [0, 0.05) is 26.2 Å². The van der Waals surface area contributed by atoms with Gasteiger partial charge in [-0.25, -0.2) is 4.98 Å². The first-order valence-electron chi connectivity index (χ1n) is 12.3. The van der Waals surface area contributed by atoms with Crippen molar-refractivity contribution in [2.75, 3.05) is 44.3 Å². The molecule has 180 valence electrons. The van der Waals surface area contributed by atoms with Gasteiger partial charge in [0.05, 0.1) is 29.3 Å². The van der Waals surface area contributed by atoms with Gasteiger partial charge in [-0.2, -0.15) is 0 Å². The second kappa shape index (κ2) is 11.1. The lowest BCUT2D eigenvalue weighted by Gasteiger charge is -2.29. The number of benzene rings is 3. The number of nitrogens with zero attached hydrogens (tertiary/aromatic N) is 3. The summed E-state index contributed by atoms with van der Waals surface area (Å²) in [4.78, 5) is 23.6. The number of ether oxygens (including phenoxy) is 1. The molecule has 3 aromatic carbocycles. The molecule has 0 spiro atoms. The molecular weight excluding hydrogens is 454 g/mol. The predicted molar refractivity (Wildman–Crippen MR) is 143 cm³/mol. The molecule has 35 heavy (non-hydrogen) atoms. The lowest BCUT2D eigenvalue weighted by Crippen LogP contribution is -2.40. The number of morpholine rings is 1. The van der Waals surface area contributed by atoms with Crippen LogP contribution in [0.4, 0.5) is 5.13 Å². The highest BCUT2D eigenvalue weighted by Crippen LogP contribution is 2.34. The van der Waals surface area contributed by atoms with Crippen LogP contribution in [-0.2, 0) is 9.53 Å². The zero-order valence-corrected chi connectivity index (χ0v) is 20.9. The van der Waals surface area contributed by atoms with Crippen LogP contribution in [0, 0.1) is 6.92 Å². The zero-order valence-electron chi connectivity index (χ0n) is 20.1. The van der Waals surface area contributed by atoms with Crippen molar-refractivity contribution in [2.45, 2.75) is 19.3 Å². The van der Waals surface area contributed by atoms with Crippen LogP contribution in [0.3, 0.4) is 0 Å². The lowest BCUT2D eigenvalue weighted by molar-refractivity contribution is -0.119. The Morgan fingerprint density at radius 1 is 0.971 bits per heavy atom. The van der Waals surface area contributed by atoms with Gasteiger partial charge < -0.3 is 4.74 Å². The molecule has 0 aliphatic carbocycles. The lowest BCUT2D eigenvalue weighted by atomic mass is 9.90. The van der Waals surface area contributed by atoms with Crippen molar-refractivity contribution < 1.29 is 9.53 Å². The van der Waals surface area contributed by atoms with E-state index in [0.717, 1.165) is 71.3 Å². The predicted octanol–water partition coefficient (Wildman–Crippen LogP) is 5.49. The number of hydrogen-bond acceptors (Lipinski definition) is 5. The van der Waals surface area contributed by atoms with E-state index in [1.54, 1.807) is 11.3 Å². The van der Waals surface area contributed by atoms with Gasteiger partial charge in [0.15, 0.2) is 5.13 Å². The third-order valence-corrected chi connectivity index (χ3v) is 7.62. The quantitative estimate of drug-likeness (QED) is 0.331. The Labute approximate surface area is 211 Å². The summed E-state index contributed by atoms with van der Waals surface area (Å²) in [6.07, 6.45) is 0.886. The first-order valence-corrected chi connectivity index (χ1v) is 13.1. The molecule has 1 aromatic heterocycles. The van der Waals surface area contributed by atoms with E-state index in [2.05, 4.69) is 30.0 Å². The minimum Gasteiger partial charge on any atom is -0.379 e. The summed E-state index contributed by atoms with van der Waals surface area (Å²) in [6, 6.07) is 26.4. The first kappa shape index (κ1) is 23.7. The van der Waals surface area contributed by atoms with E-state index in [0.29, 0.717) is 6.54 Å². The molecule has 0 saturated carbocycles. The molecule has 5 nitrogen and oxygen atoms in total. The fraction of sp³-hybridized carbons (Fsp3) is 0.310. The van der Waals surface area contributed by atoms with Crippen molar-refractivity contribution >= 4 is 32.6 Å². The number of thiazole rings is 1. The summed E-state index contributed by atoms with van der Waals surface area (Å²) in [7, 11) is 0. The maximum absolute atomic E-state index is 14.3. The number of anilines is 1. The molecule has 2 heterocycles. The monoisotopic (exact) mass is 485 g/mol. The number of rotatable bonds is 8. The van der Waals surface area contributed by atoms with Gasteiger partial charge >= 0.3 is 0 Å². The van der Waals surface area contributed by atoms with Crippen LogP contribution in [0.15, 0.2) is 78.9 Å². The summed E-state index contributed by atoms with van der Waals surface area (Å²) >= 11 is 1.60. The maximum atomic E-state index is 14.3. The molecule has 1 amide bonds. The van der Waals surface area contributed by atoms with E-state index >= 15 is 0 Å². The third kappa shape index (κ3) is 5.45. The SMILES string of the molecule is Cc1cccc2sc(N(CCCN3CCOCC3)C(=O)C(c3ccccc3)c3ccccc3)nc12. The second-order valence-electron chi connectivity index (χ2n) is 8.97. The smallest absolute Gasteiger partial charge is 0.240 e. The third-order valence-electron chi connectivity index (χ3n) is 6.58. The Kier molecular flexibility index (Phi) is 7.52. The molecule has 1 aliphatic rings. The molecule has 0 radical (unpaired) electrons. The van der Waals surface area contributed by atoms with E-state index in [9.17, 15) is 4.79 Å². The summed E-state index contributed by atoms with van der Waals surface area (Å²) in [5.74, 6) is -0.310. The number of amides is 1. The normalized spacial score (nSPS) is 14.5. The Balaban J connectivity index is 1.49. The highest BCUT2D eigenvalue weighted by molar-refractivity contribution is 7.22. The Morgan fingerprint density at radius 3 is 2.26 bits per heavy atom. The van der Waals surface area contributed by atoms with Gasteiger partial charge in [0.1, 0.15) is 0 Å². The summed E-state index contributed by atoms with van der Waals surface area (Å²) in [5, 5.41) is 0.776. The molecule has 5 rings (SSSR count). The molecule has 6 heteroatoms. The van der Waals surface area contributed by atoms with Crippen molar-refractivity contribution in [1.82, 2.24) is 9.88 Å². The van der Waals surface area contributed by atoms with Crippen LogP contribution in [0.1, 0.15) is 29.0 Å². The van der Waals surface area contributed by atoms with Crippen LogP contribution >= 0.6 is 11.3 Å². The standard InChI is InChI=1S/C29H31N3O2S/c1-22-10-8-15-25-27(22)30-29(35-25)32(17-9-16-31-18-20-34-21-19-31)28(33)26(23-11-4-2-5-12-23)24-13-6-3-7-14-24/h2-8,10-15,26H,9,16-21H2,1H3. The van der Waals surface area contributed by atoms with E-state index in [1.807, 2.05) is 65.6 Å². The van der Waals surface area contributed by atoms with E-state index in [1.165, 1.54) is 0 Å². The highest BCUT2D eigenvalue weighted by atomic mass is 32.1. The second-order valence-corrected chi connectivity index (χ2v) is 9.98. The largest absolute Gasteiger partial charge is 0.379 e. The molecule has 1 aliphatic heterocycles. The minimum atomic E-state index is -0.381. The molecule has 0 bridgehead atoms. The Morgan fingerprint density at radius 2 is 1.63 bits per heavy atom. The molecule has 0 N–H and O–H groups in total. The first-order chi connectivity index (χ1) is 17.2. The summed E-state index contributed by atoms with van der Waals surface area (Å²) < 4.78 is 6.61. The van der Waals surface area contributed by atoms with Crippen LogP contribution in [0.2, 0.25) is 0 Å². The van der Waals surface area contributed by atoms with Gasteiger partial charge in [-0.1, -0.05) is 84.1 Å². The summed E-state index contributed by atoms with van der Waals surface area (Å²) in [6.45, 7) is 7.11. The van der Waals surface area contributed by atoms with Crippen molar-refractivity contribution in [3.63, 3.8) is 0 Å². The van der Waals surface area contributed by atoms with E-state index in [4.69, 9.17) is 9.72 Å². The molecule has 4 aromatic rings. The molecular formula is C29H31N3O2S. The summed E-state index contributed by atoms with van der Waals surface area (Å²) in [5.41, 5.74) is 4.11. The van der Waals surface area contributed by atoms with Gasteiger partial charge in [-0.15, -0.1) is 0 Å². The molecule has 1 fully saturated rings. The number of fused-ring (bicyclic) bond motifs is 1. The average molecular weight is 486 g/mol. The fourth-order valence-electron chi connectivity index (χ4n) is 4.69. The van der Waals surface area contributed by atoms with Gasteiger partial charge in [-0.05, 0) is 36.1 Å². The van der Waals surface area contributed by atoms with Crippen molar-refractivity contribution in [3.05, 3.63) is 95.6 Å². The molecule has 1 saturated heterocycles. The van der Waals surface area contributed by atoms with Crippen LogP contribution in [0.25, 0.3) is 10.2 Å². The number of carbonyl (C=O) groups excluding carboxylic acids is 1. The van der Waals surface area contributed by atoms with Crippen molar-refractivity contribution in [3.8, 4) is 0 Å². The van der Waals surface area contributed by atoms with Gasteiger partial charge in [0.25, 0.3) is 0 Å².